The van der Waals surface area contributed by atoms with Gasteiger partial charge >= 0.3 is 0 Å². The van der Waals surface area contributed by atoms with Crippen LogP contribution in [0.3, 0.4) is 0 Å². The van der Waals surface area contributed by atoms with Gasteiger partial charge in [-0.1, -0.05) is 36.4 Å². The summed E-state index contributed by atoms with van der Waals surface area (Å²) in [6.45, 7) is 2.56. The predicted octanol–water partition coefficient (Wildman–Crippen LogP) is 5.44. The fourth-order valence-electron chi connectivity index (χ4n) is 5.73. The molecule has 0 spiro atoms. The van der Waals surface area contributed by atoms with Gasteiger partial charge in [0.2, 0.25) is 0 Å². The summed E-state index contributed by atoms with van der Waals surface area (Å²) in [5, 5.41) is 8.02. The van der Waals surface area contributed by atoms with E-state index in [1.54, 1.807) is 24.3 Å². The summed E-state index contributed by atoms with van der Waals surface area (Å²) in [6, 6.07) is 25.0. The van der Waals surface area contributed by atoms with Gasteiger partial charge in [-0.3, -0.25) is 14.4 Å². The molecule has 0 fully saturated rings. The number of nitrogens with zero attached hydrogens (tertiary/aromatic N) is 2. The molecular weight excluding hydrogens is 610 g/mol. The van der Waals surface area contributed by atoms with Crippen LogP contribution in [0.5, 0.6) is 11.5 Å². The molecule has 1 aliphatic rings. The van der Waals surface area contributed by atoms with E-state index in [0.29, 0.717) is 22.6 Å². The minimum absolute atomic E-state index is 0.129. The predicted molar refractivity (Wildman–Crippen MR) is 186 cm³/mol. The summed E-state index contributed by atoms with van der Waals surface area (Å²) in [4.78, 5) is 41.7. The Hall–Kier alpha value is -5.65. The van der Waals surface area contributed by atoms with E-state index in [2.05, 4.69) is 51.2 Å². The van der Waals surface area contributed by atoms with Crippen LogP contribution in [0, 0.1) is 0 Å². The molecule has 0 unspecified atom stereocenters. The first-order chi connectivity index (χ1) is 23.2. The number of ether oxygens (including phenoxy) is 2. The maximum absolute atomic E-state index is 13.6. The smallest absolute Gasteiger partial charge is 0.291 e. The van der Waals surface area contributed by atoms with Crippen molar-refractivity contribution in [3.05, 3.63) is 123 Å². The SMILES string of the molecule is COc1cc(NC(=O)c2cc(=O)c3ccccc3o2)c(C(=O)Nc2ccc(CCN(C)Cc3ccc4c(c3)CNN4C)cc2)cc1OC. The maximum Gasteiger partial charge on any atom is 0.291 e. The summed E-state index contributed by atoms with van der Waals surface area (Å²) in [7, 11) is 7.05. The van der Waals surface area contributed by atoms with Crippen molar-refractivity contribution in [3.8, 4) is 11.5 Å². The van der Waals surface area contributed by atoms with E-state index in [-0.39, 0.29) is 28.0 Å². The molecule has 1 aromatic heterocycles. The number of carbonyl (C=O) groups is 2. The maximum atomic E-state index is 13.6. The molecule has 0 radical (unpaired) electrons. The molecule has 0 bridgehead atoms. The second kappa shape index (κ2) is 14.0. The van der Waals surface area contributed by atoms with Crippen LogP contribution in [0.15, 0.2) is 94.1 Å². The van der Waals surface area contributed by atoms with Gasteiger partial charge in [0.25, 0.3) is 11.8 Å². The van der Waals surface area contributed by atoms with Gasteiger partial charge in [-0.2, -0.15) is 0 Å². The minimum Gasteiger partial charge on any atom is -0.493 e. The van der Waals surface area contributed by atoms with Crippen LogP contribution in [0.4, 0.5) is 17.1 Å². The van der Waals surface area contributed by atoms with Crippen molar-refractivity contribution >= 4 is 39.8 Å². The first kappa shape index (κ1) is 32.3. The molecule has 0 saturated heterocycles. The number of likely N-dealkylation sites (N-methyl/N-ethyl adjacent to an activating group) is 1. The summed E-state index contributed by atoms with van der Waals surface area (Å²) < 4.78 is 16.5. The van der Waals surface area contributed by atoms with Crippen molar-refractivity contribution in [1.29, 1.82) is 0 Å². The number of hydrazine groups is 1. The molecule has 0 saturated carbocycles. The second-order valence-electron chi connectivity index (χ2n) is 11.7. The first-order valence-electron chi connectivity index (χ1n) is 15.5. The van der Waals surface area contributed by atoms with Crippen LogP contribution in [0.2, 0.25) is 0 Å². The van der Waals surface area contributed by atoms with E-state index in [4.69, 9.17) is 13.9 Å². The monoisotopic (exact) mass is 647 g/mol. The van der Waals surface area contributed by atoms with E-state index in [1.165, 1.54) is 43.2 Å². The van der Waals surface area contributed by atoms with E-state index >= 15 is 0 Å². The topological polar surface area (TPSA) is 125 Å². The van der Waals surface area contributed by atoms with E-state index in [1.807, 2.05) is 31.3 Å². The fourth-order valence-corrected chi connectivity index (χ4v) is 5.73. The molecule has 0 aliphatic carbocycles. The number of nitrogens with one attached hydrogen (secondary N) is 3. The standard InChI is InChI=1S/C37H37N5O6/c1-41(22-24-11-14-30-25(17-24)21-38-42(30)2)16-15-23-9-12-26(13-10-23)39-36(44)28-18-33(46-3)34(47-4)19-29(28)40-37(45)35-20-31(43)27-7-5-6-8-32(27)48-35/h5-14,17-20,38H,15-16,21-22H2,1-4H3,(H,39,44)(H,40,45). The van der Waals surface area contributed by atoms with Crippen molar-refractivity contribution in [2.24, 2.45) is 0 Å². The summed E-state index contributed by atoms with van der Waals surface area (Å²) in [6.07, 6.45) is 0.844. The Balaban J connectivity index is 1.12. The number of fused-ring (bicyclic) bond motifs is 2. The van der Waals surface area contributed by atoms with Crippen LogP contribution < -0.4 is 36.0 Å². The van der Waals surface area contributed by atoms with Gasteiger partial charge in [-0.15, -0.1) is 0 Å². The van der Waals surface area contributed by atoms with Gasteiger partial charge in [0, 0.05) is 44.5 Å². The van der Waals surface area contributed by atoms with Crippen LogP contribution in [0.25, 0.3) is 11.0 Å². The number of methoxy groups -OCH3 is 2. The highest BCUT2D eigenvalue weighted by Crippen LogP contribution is 2.34. The molecule has 0 atom stereocenters. The number of para-hydroxylation sites is 1. The molecule has 6 rings (SSSR count). The van der Waals surface area contributed by atoms with Gasteiger partial charge in [0.1, 0.15) is 5.58 Å². The highest BCUT2D eigenvalue weighted by Gasteiger charge is 2.21. The normalized spacial score (nSPS) is 12.2. The van der Waals surface area contributed by atoms with E-state index in [9.17, 15) is 14.4 Å². The Labute approximate surface area is 278 Å². The van der Waals surface area contributed by atoms with Crippen molar-refractivity contribution in [3.63, 3.8) is 0 Å². The largest absolute Gasteiger partial charge is 0.493 e. The van der Waals surface area contributed by atoms with Gasteiger partial charge in [0.15, 0.2) is 22.7 Å². The quantitative estimate of drug-likeness (QED) is 0.172. The van der Waals surface area contributed by atoms with Crippen molar-refractivity contribution in [1.82, 2.24) is 10.3 Å². The lowest BCUT2D eigenvalue weighted by atomic mass is 10.1. The Morgan fingerprint density at radius 2 is 1.62 bits per heavy atom. The molecule has 11 heteroatoms. The van der Waals surface area contributed by atoms with Gasteiger partial charge in [-0.05, 0) is 66.6 Å². The van der Waals surface area contributed by atoms with Crippen LogP contribution in [-0.4, -0.2) is 51.6 Å². The van der Waals surface area contributed by atoms with E-state index < -0.39 is 11.8 Å². The van der Waals surface area contributed by atoms with Gasteiger partial charge < -0.3 is 34.4 Å². The molecular formula is C37H37N5O6. The Morgan fingerprint density at radius 1 is 0.896 bits per heavy atom. The van der Waals surface area contributed by atoms with E-state index in [0.717, 1.165) is 37.7 Å². The highest BCUT2D eigenvalue weighted by molar-refractivity contribution is 6.12. The zero-order chi connectivity index (χ0) is 33.8. The number of hydrogen-bond acceptors (Lipinski definition) is 9. The lowest BCUT2D eigenvalue weighted by Crippen LogP contribution is -2.26. The molecule has 11 nitrogen and oxygen atoms in total. The zero-order valence-electron chi connectivity index (χ0n) is 27.3. The van der Waals surface area contributed by atoms with Crippen molar-refractivity contribution in [2.75, 3.05) is 50.5 Å². The third kappa shape index (κ3) is 7.02. The number of benzene rings is 4. The molecule has 246 valence electrons. The molecule has 48 heavy (non-hydrogen) atoms. The summed E-state index contributed by atoms with van der Waals surface area (Å²) in [5.74, 6) is -0.761. The highest BCUT2D eigenvalue weighted by atomic mass is 16.5. The molecule has 2 heterocycles. The number of anilines is 3. The third-order valence-electron chi connectivity index (χ3n) is 8.33. The lowest BCUT2D eigenvalue weighted by molar-refractivity contribution is 0.0997. The Morgan fingerprint density at radius 3 is 2.40 bits per heavy atom. The number of amides is 2. The molecule has 4 aromatic carbocycles. The Bertz CT molecular complexity index is 2040. The van der Waals surface area contributed by atoms with Crippen LogP contribution in [0.1, 0.15) is 37.6 Å². The average Bonchev–Trinajstić information content (AvgIpc) is 3.46. The molecule has 1 aliphatic heterocycles. The number of hydrogen-bond donors (Lipinski definition) is 3. The second-order valence-corrected chi connectivity index (χ2v) is 11.7. The van der Waals surface area contributed by atoms with Gasteiger partial charge in [-0.25, -0.2) is 5.43 Å². The zero-order valence-corrected chi connectivity index (χ0v) is 27.3. The summed E-state index contributed by atoms with van der Waals surface area (Å²) in [5.41, 5.74) is 9.05. The van der Waals surface area contributed by atoms with Crippen molar-refractivity contribution in [2.45, 2.75) is 19.5 Å². The first-order valence-corrected chi connectivity index (χ1v) is 15.5. The minimum atomic E-state index is -0.700. The summed E-state index contributed by atoms with van der Waals surface area (Å²) >= 11 is 0. The molecule has 3 N–H and O–H groups in total. The fraction of sp³-hybridized carbons (Fsp3) is 0.216. The van der Waals surface area contributed by atoms with Gasteiger partial charge in [0.05, 0.1) is 36.5 Å². The molecule has 5 aromatic rings. The molecule has 2 amide bonds. The Kier molecular flexibility index (Phi) is 9.42. The van der Waals surface area contributed by atoms with Crippen LogP contribution in [-0.2, 0) is 19.5 Å². The number of carbonyl (C=O) groups excluding carboxylic acids is 2. The third-order valence-corrected chi connectivity index (χ3v) is 8.33. The van der Waals surface area contributed by atoms with Crippen molar-refractivity contribution < 1.29 is 23.5 Å². The average molecular weight is 648 g/mol. The van der Waals surface area contributed by atoms with Crippen LogP contribution >= 0.6 is 0 Å². The lowest BCUT2D eigenvalue weighted by Gasteiger charge is -2.18. The number of rotatable bonds is 11.